The number of benzene rings is 1. The first kappa shape index (κ1) is 17.9. The number of nitrogens with zero attached hydrogens (tertiary/aromatic N) is 3. The molecule has 2 bridgehead atoms. The molecule has 1 saturated carbocycles. The molecule has 5 rings (SSSR count). The van der Waals surface area contributed by atoms with E-state index in [-0.39, 0.29) is 29.7 Å². The van der Waals surface area contributed by atoms with Crippen LogP contribution in [0.15, 0.2) is 47.1 Å². The van der Waals surface area contributed by atoms with Gasteiger partial charge in [-0.25, -0.2) is 9.97 Å². The summed E-state index contributed by atoms with van der Waals surface area (Å²) in [6.07, 6.45) is 6.90. The topological polar surface area (TPSA) is 120 Å². The molecule has 2 heterocycles. The minimum atomic E-state index is -0.278. The molecule has 2 aromatic heterocycles. The first-order valence-corrected chi connectivity index (χ1v) is 10.1. The molecule has 2 aliphatic carbocycles. The summed E-state index contributed by atoms with van der Waals surface area (Å²) >= 11 is 3.57. The van der Waals surface area contributed by atoms with E-state index in [0.29, 0.717) is 17.0 Å². The Balaban J connectivity index is 1.57. The van der Waals surface area contributed by atoms with Gasteiger partial charge in [-0.3, -0.25) is 4.79 Å². The van der Waals surface area contributed by atoms with Gasteiger partial charge in [-0.2, -0.15) is 5.26 Å². The molecule has 3 aromatic rings. The summed E-state index contributed by atoms with van der Waals surface area (Å²) in [7, 11) is 0. The summed E-state index contributed by atoms with van der Waals surface area (Å²) in [5, 5.41) is 12.7. The zero-order valence-corrected chi connectivity index (χ0v) is 16.8. The average molecular weight is 449 g/mol. The highest BCUT2D eigenvalue weighted by Gasteiger charge is 2.47. The number of allylic oxidation sites excluding steroid dienone is 1. The van der Waals surface area contributed by atoms with Crippen molar-refractivity contribution in [1.29, 1.82) is 5.26 Å². The summed E-state index contributed by atoms with van der Waals surface area (Å²) in [6, 6.07) is 9.32. The molecular weight excluding hydrogens is 432 g/mol. The van der Waals surface area contributed by atoms with E-state index in [1.165, 1.54) is 0 Å². The van der Waals surface area contributed by atoms with Gasteiger partial charge >= 0.3 is 0 Å². The maximum atomic E-state index is 12.1. The number of nitrogens with one attached hydrogen (secondary N) is 2. The van der Waals surface area contributed by atoms with Crippen LogP contribution < -0.4 is 11.1 Å². The first-order chi connectivity index (χ1) is 14.0. The van der Waals surface area contributed by atoms with E-state index < -0.39 is 0 Å². The minimum absolute atomic E-state index is 0.0712. The number of fused-ring (bicyclic) bond motifs is 3. The van der Waals surface area contributed by atoms with Crippen LogP contribution in [0, 0.1) is 29.1 Å². The van der Waals surface area contributed by atoms with E-state index in [1.807, 2.05) is 12.1 Å². The molecule has 2 aliphatic rings. The summed E-state index contributed by atoms with van der Waals surface area (Å²) < 4.78 is 0.779. The second-order valence-corrected chi connectivity index (χ2v) is 8.36. The molecule has 0 saturated heterocycles. The number of hydrogen-bond donors (Lipinski definition) is 3. The lowest BCUT2D eigenvalue weighted by Gasteiger charge is -2.28. The molecule has 29 heavy (non-hydrogen) atoms. The molecule has 4 atom stereocenters. The predicted molar refractivity (Wildman–Crippen MR) is 113 cm³/mol. The number of nitrogens with two attached hydrogens (primary N) is 1. The Morgan fingerprint density at radius 1 is 1.34 bits per heavy atom. The van der Waals surface area contributed by atoms with Gasteiger partial charge in [0.25, 0.3) is 0 Å². The van der Waals surface area contributed by atoms with Crippen LogP contribution in [-0.2, 0) is 4.79 Å². The van der Waals surface area contributed by atoms with Gasteiger partial charge in [0.1, 0.15) is 11.3 Å². The van der Waals surface area contributed by atoms with E-state index in [9.17, 15) is 4.79 Å². The van der Waals surface area contributed by atoms with Gasteiger partial charge in [-0.1, -0.05) is 24.3 Å². The molecule has 4 N–H and O–H groups in total. The number of rotatable bonds is 4. The number of hydrogen-bond acceptors (Lipinski definition) is 5. The predicted octanol–water partition coefficient (Wildman–Crippen LogP) is 3.35. The lowest BCUT2D eigenvalue weighted by atomic mass is 9.88. The van der Waals surface area contributed by atoms with Crippen molar-refractivity contribution in [3.05, 3.63) is 52.7 Å². The number of imidazole rings is 1. The van der Waals surface area contributed by atoms with Crippen LogP contribution in [0.25, 0.3) is 22.6 Å². The Morgan fingerprint density at radius 3 is 2.97 bits per heavy atom. The van der Waals surface area contributed by atoms with Crippen LogP contribution in [0.5, 0.6) is 0 Å². The molecular formula is C21H17BrN6O. The van der Waals surface area contributed by atoms with Crippen molar-refractivity contribution in [2.24, 2.45) is 23.5 Å². The number of amides is 1. The third-order valence-corrected chi connectivity index (χ3v) is 6.44. The number of anilines is 1. The highest BCUT2D eigenvalue weighted by Crippen LogP contribution is 2.46. The van der Waals surface area contributed by atoms with Gasteiger partial charge in [-0.15, -0.1) is 0 Å². The van der Waals surface area contributed by atoms with Gasteiger partial charge in [0.05, 0.1) is 27.7 Å². The van der Waals surface area contributed by atoms with E-state index in [1.54, 1.807) is 18.3 Å². The Morgan fingerprint density at radius 2 is 2.17 bits per heavy atom. The molecule has 0 aliphatic heterocycles. The van der Waals surface area contributed by atoms with Crippen LogP contribution in [0.3, 0.4) is 0 Å². The number of nitriles is 1. The fourth-order valence-corrected chi connectivity index (χ4v) is 4.94. The third kappa shape index (κ3) is 2.89. The van der Waals surface area contributed by atoms with Crippen LogP contribution in [0.4, 0.5) is 5.69 Å². The number of pyridine rings is 1. The largest absolute Gasteiger partial charge is 0.378 e. The quantitative estimate of drug-likeness (QED) is 0.528. The van der Waals surface area contributed by atoms with E-state index in [0.717, 1.165) is 27.7 Å². The lowest BCUT2D eigenvalue weighted by molar-refractivity contribution is -0.122. The highest BCUT2D eigenvalue weighted by molar-refractivity contribution is 9.10. The van der Waals surface area contributed by atoms with Gasteiger partial charge in [0.15, 0.2) is 5.65 Å². The van der Waals surface area contributed by atoms with Crippen molar-refractivity contribution in [2.75, 3.05) is 5.32 Å². The zero-order chi connectivity index (χ0) is 20.1. The molecule has 1 fully saturated rings. The van der Waals surface area contributed by atoms with Crippen molar-refractivity contribution in [3.63, 3.8) is 0 Å². The van der Waals surface area contributed by atoms with E-state index in [4.69, 9.17) is 11.0 Å². The maximum Gasteiger partial charge on any atom is 0.223 e. The number of carbonyl (C=O) groups is 1. The molecule has 7 nitrogen and oxygen atoms in total. The summed E-state index contributed by atoms with van der Waals surface area (Å²) in [6.45, 7) is 0. The normalized spacial score (nSPS) is 24.7. The number of halogens is 1. The minimum Gasteiger partial charge on any atom is -0.378 e. The van der Waals surface area contributed by atoms with Crippen molar-refractivity contribution in [2.45, 2.75) is 12.5 Å². The van der Waals surface area contributed by atoms with Crippen molar-refractivity contribution < 1.29 is 4.79 Å². The average Bonchev–Trinajstić information content (AvgIpc) is 3.44. The second kappa shape index (κ2) is 6.71. The number of primary amides is 1. The number of H-pyrrole nitrogens is 1. The smallest absolute Gasteiger partial charge is 0.223 e. The number of carbonyl (C=O) groups excluding carboxylic acids is 1. The van der Waals surface area contributed by atoms with Crippen LogP contribution in [-0.4, -0.2) is 26.9 Å². The van der Waals surface area contributed by atoms with Crippen molar-refractivity contribution in [3.8, 4) is 17.5 Å². The van der Waals surface area contributed by atoms with Gasteiger partial charge in [-0.05, 0) is 46.3 Å². The molecule has 1 amide bonds. The van der Waals surface area contributed by atoms with E-state index >= 15 is 0 Å². The Kier molecular flexibility index (Phi) is 4.14. The summed E-state index contributed by atoms with van der Waals surface area (Å²) in [5.74, 6) is 0.568. The third-order valence-electron chi connectivity index (χ3n) is 5.84. The maximum absolute atomic E-state index is 12.1. The van der Waals surface area contributed by atoms with Crippen LogP contribution in [0.2, 0.25) is 0 Å². The van der Waals surface area contributed by atoms with Crippen molar-refractivity contribution >= 4 is 38.7 Å². The molecule has 0 radical (unpaired) electrons. The standard InChI is InChI=1S/C21H17BrN6O/c22-14-9-25-21-18(27-20(28-21)13-3-1-2-10(6-13)8-23)17(14)26-16-12-5-4-11(7-12)15(16)19(24)29/h1-6,9,11-12,15-16H,7H2,(H2,24,29)(H2,25,26,27,28)/t11-,12+,15+,16-/m1/s1. The van der Waals surface area contributed by atoms with Crippen LogP contribution in [0.1, 0.15) is 12.0 Å². The van der Waals surface area contributed by atoms with Crippen molar-refractivity contribution in [1.82, 2.24) is 15.0 Å². The number of aromatic nitrogens is 3. The summed E-state index contributed by atoms with van der Waals surface area (Å²) in [5.41, 5.74) is 9.18. The molecule has 0 unspecified atom stereocenters. The SMILES string of the molecule is N#Cc1cccc(-c2nc3ncc(Br)c(N[C@H]4[C@@H](C(N)=O)[C@@H]5C=C[C@H]4C5)c3[nH]2)c1. The van der Waals surface area contributed by atoms with Gasteiger partial charge in [0.2, 0.25) is 5.91 Å². The Bertz CT molecular complexity index is 1210. The molecule has 0 spiro atoms. The molecule has 1 aromatic carbocycles. The Labute approximate surface area is 175 Å². The van der Waals surface area contributed by atoms with Gasteiger partial charge in [0, 0.05) is 17.8 Å². The van der Waals surface area contributed by atoms with E-state index in [2.05, 4.69) is 54.4 Å². The monoisotopic (exact) mass is 448 g/mol. The summed E-state index contributed by atoms with van der Waals surface area (Å²) in [4.78, 5) is 24.4. The Hall–Kier alpha value is -3.18. The highest BCUT2D eigenvalue weighted by atomic mass is 79.9. The first-order valence-electron chi connectivity index (χ1n) is 9.34. The van der Waals surface area contributed by atoms with Gasteiger partial charge < -0.3 is 16.0 Å². The molecule has 8 heteroatoms. The fraction of sp³-hybridized carbons (Fsp3) is 0.238. The lowest BCUT2D eigenvalue weighted by Crippen LogP contribution is -2.41. The molecule has 144 valence electrons. The zero-order valence-electron chi connectivity index (χ0n) is 15.3. The van der Waals surface area contributed by atoms with Crippen LogP contribution >= 0.6 is 15.9 Å². The fourth-order valence-electron chi connectivity index (χ4n) is 4.52. The second-order valence-electron chi connectivity index (χ2n) is 7.50. The number of aromatic amines is 1.